The standard InChI is InChI=1S/2C18H15P.C15H10ClN3OS.C9H9BO2S.C6H3ClIN3.2ClH.Pd/c2*1-4-10-16(11-5-1)19(17-12-6-2-7-13-17)18-14-8-3-9-15-18;1-20-10-3-2-9-6-13(21-12(9)7-10)11-8-17-15-5-4-14(16)18-19(11)15;1-6-2-3-7-5-9(10(11)12)13-8(7)4-6;7-4-1-2-6-9-3-5(8)11(6)10-4;;;/h2*1-15H;2-8H,1H3;2-5,11-12H,1H3;1-3H;2*1H;/q;;;;;;;+2/p-2. The fourth-order valence-corrected chi connectivity index (χ4v) is 16.3. The van der Waals surface area contributed by atoms with E-state index in [1.54, 1.807) is 45.8 Å². The summed E-state index contributed by atoms with van der Waals surface area (Å²) in [5.41, 5.74) is 3.73. The van der Waals surface area contributed by atoms with Gasteiger partial charge in [0.05, 0.1) is 24.4 Å². The van der Waals surface area contributed by atoms with Gasteiger partial charge in [-0.3, -0.25) is 0 Å². The van der Waals surface area contributed by atoms with Gasteiger partial charge in [0.25, 0.3) is 0 Å². The molecule has 86 heavy (non-hydrogen) atoms. The largest absolute Gasteiger partial charge is 0.0622 e. The molecule has 0 spiro atoms. The van der Waals surface area contributed by atoms with Crippen molar-refractivity contribution in [3.05, 3.63) is 287 Å². The molecule has 0 saturated carbocycles. The second-order valence-corrected chi connectivity index (χ2v) is 29.3. The maximum Gasteiger partial charge on any atom is -0.0134 e. The Balaban J connectivity index is 0.000000129. The Morgan fingerprint density at radius 2 is 0.884 bits per heavy atom. The van der Waals surface area contributed by atoms with Crippen LogP contribution in [0, 0.1) is 10.6 Å². The van der Waals surface area contributed by atoms with Gasteiger partial charge in [0.15, 0.2) is 11.3 Å². The minimum Gasteiger partial charge on any atom is -0.0622 e. The van der Waals surface area contributed by atoms with Crippen molar-refractivity contribution in [2.75, 3.05) is 7.11 Å². The van der Waals surface area contributed by atoms with E-state index in [1.807, 2.05) is 61.7 Å². The summed E-state index contributed by atoms with van der Waals surface area (Å²) in [6, 6.07) is 87.8. The Morgan fingerprint density at radius 3 is 1.33 bits per heavy atom. The zero-order chi connectivity index (χ0) is 60.2. The Labute approximate surface area is 550 Å². The Morgan fingerprint density at radius 1 is 0.488 bits per heavy atom. The first kappa shape index (κ1) is 64.6. The molecule has 14 rings (SSSR count). The molecule has 0 fully saturated rings. The molecule has 6 heterocycles. The number of benzene rings is 8. The minimum absolute atomic E-state index is 0.106. The third kappa shape index (κ3) is 17.7. The first-order valence-electron chi connectivity index (χ1n) is 26.3. The third-order valence-corrected chi connectivity index (χ3v) is 20.9. The quantitative estimate of drug-likeness (QED) is 0.0841. The van der Waals surface area contributed by atoms with E-state index in [1.165, 1.54) is 58.8 Å². The summed E-state index contributed by atoms with van der Waals surface area (Å²) in [4.78, 5) is 9.56. The molecular formula is C66H52BCl4IN6O3P2PdS2. The maximum atomic E-state index is 8.96. The van der Waals surface area contributed by atoms with Crippen LogP contribution in [0.25, 0.3) is 42.0 Å². The molecule has 2 N–H and O–H groups in total. The van der Waals surface area contributed by atoms with Crippen LogP contribution in [0.4, 0.5) is 0 Å². The van der Waals surface area contributed by atoms with Crippen molar-refractivity contribution in [3.8, 4) is 16.3 Å². The number of aryl methyl sites for hydroxylation is 1. The number of halogens is 5. The number of aromatic nitrogens is 6. The second-order valence-electron chi connectivity index (χ2n) is 18.4. The Hall–Kier alpha value is -5.88. The zero-order valence-electron chi connectivity index (χ0n) is 45.9. The summed E-state index contributed by atoms with van der Waals surface area (Å²) >= 11 is 16.8. The van der Waals surface area contributed by atoms with Crippen molar-refractivity contribution in [3.63, 3.8) is 0 Å². The van der Waals surface area contributed by atoms with Crippen molar-refractivity contribution in [1.29, 1.82) is 0 Å². The second kappa shape index (κ2) is 32.9. The molecule has 0 bridgehead atoms. The molecule has 0 unspecified atom stereocenters. The number of imidazole rings is 2. The first-order chi connectivity index (χ1) is 42.0. The fourth-order valence-electron chi connectivity index (χ4n) is 8.75. The Kier molecular flexibility index (Phi) is 24.7. The smallest absolute Gasteiger partial charge is 0.0134 e. The van der Waals surface area contributed by atoms with E-state index >= 15 is 0 Å². The van der Waals surface area contributed by atoms with Gasteiger partial charge in [-0.05, 0) is 154 Å². The van der Waals surface area contributed by atoms with Gasteiger partial charge in [0.1, 0.15) is 25.5 Å². The molecule has 20 heteroatoms. The van der Waals surface area contributed by atoms with Crippen LogP contribution in [0.3, 0.4) is 0 Å². The molecule has 14 aromatic rings. The van der Waals surface area contributed by atoms with Crippen LogP contribution in [-0.2, 0) is 15.9 Å². The molecule has 0 atom stereocenters. The molecule has 434 valence electrons. The molecule has 6 aromatic heterocycles. The zero-order valence-corrected chi connectivity index (χ0v) is 56.0. The van der Waals surface area contributed by atoms with Crippen molar-refractivity contribution < 1.29 is 30.7 Å². The predicted octanol–water partition coefficient (Wildman–Crippen LogP) is 15.4. The third-order valence-electron chi connectivity index (χ3n) is 12.6. The maximum absolute atomic E-state index is 8.96. The van der Waals surface area contributed by atoms with Crippen LogP contribution in [-0.4, -0.2) is 53.5 Å². The monoisotopic (exact) mass is 1490 g/mol. The average Bonchev–Trinajstić information content (AvgIpc) is 3.32. The van der Waals surface area contributed by atoms with Crippen LogP contribution in [0.1, 0.15) is 5.56 Å². The molecule has 0 aliphatic heterocycles. The van der Waals surface area contributed by atoms with Gasteiger partial charge in [-0.2, -0.15) is 10.2 Å². The Bertz CT molecular complexity index is 4050. The summed E-state index contributed by atoms with van der Waals surface area (Å²) in [7, 11) is 9.06. The van der Waals surface area contributed by atoms with E-state index in [2.05, 4.69) is 237 Å². The van der Waals surface area contributed by atoms with Crippen molar-refractivity contribution in [2.24, 2.45) is 0 Å². The number of fused-ring (bicyclic) bond motifs is 4. The van der Waals surface area contributed by atoms with Gasteiger partial charge in [-0.1, -0.05) is 217 Å². The number of methoxy groups -OCH3 is 1. The molecule has 0 aliphatic rings. The van der Waals surface area contributed by atoms with Crippen LogP contribution >= 0.6 is 103 Å². The molecule has 0 aliphatic carbocycles. The molecular weight excluding hydrogens is 1440 g/mol. The molecule has 8 aromatic carbocycles. The number of nitrogens with zero attached hydrogens (tertiary/aromatic N) is 6. The summed E-state index contributed by atoms with van der Waals surface area (Å²) in [5.74, 6) is 0.857. The van der Waals surface area contributed by atoms with E-state index in [9.17, 15) is 0 Å². The van der Waals surface area contributed by atoms with Gasteiger partial charge >= 0.3 is 42.1 Å². The van der Waals surface area contributed by atoms with Crippen LogP contribution in [0.5, 0.6) is 5.75 Å². The summed E-state index contributed by atoms with van der Waals surface area (Å²) in [5, 5.41) is 37.8. The summed E-state index contributed by atoms with van der Waals surface area (Å²) < 4.78 is 12.6. The van der Waals surface area contributed by atoms with Crippen molar-refractivity contribution in [2.45, 2.75) is 6.92 Å². The van der Waals surface area contributed by atoms with Crippen LogP contribution in [0.2, 0.25) is 10.3 Å². The van der Waals surface area contributed by atoms with E-state index in [0.29, 0.717) is 15.1 Å². The van der Waals surface area contributed by atoms with Gasteiger partial charge in [-0.15, -0.1) is 22.7 Å². The predicted molar refractivity (Wildman–Crippen MR) is 374 cm³/mol. The van der Waals surface area contributed by atoms with Crippen molar-refractivity contribution >= 4 is 179 Å². The molecule has 0 saturated heterocycles. The fraction of sp³-hybridized carbons (Fsp3) is 0.0303. The van der Waals surface area contributed by atoms with E-state index in [4.69, 9.17) is 57.0 Å². The first-order valence-corrected chi connectivity index (χ1v) is 36.5. The number of ether oxygens (including phenoxy) is 1. The number of hydrogen-bond donors (Lipinski definition) is 2. The number of rotatable bonds is 9. The number of thiophene rings is 2. The minimum atomic E-state index is -1.35. The average molecular weight is 1490 g/mol. The van der Waals surface area contributed by atoms with E-state index in [0.717, 1.165) is 41.4 Å². The van der Waals surface area contributed by atoms with E-state index in [-0.39, 0.29) is 15.9 Å². The topological polar surface area (TPSA) is 110 Å². The number of hydrogen-bond acceptors (Lipinski definition) is 9. The van der Waals surface area contributed by atoms with Gasteiger partial charge in [-0.25, -0.2) is 19.0 Å². The van der Waals surface area contributed by atoms with Gasteiger partial charge in [0, 0.05) is 14.2 Å². The molecule has 0 radical (unpaired) electrons. The molecule has 9 nitrogen and oxygen atoms in total. The van der Waals surface area contributed by atoms with Crippen LogP contribution in [0.15, 0.2) is 267 Å². The normalized spacial score (nSPS) is 10.7. The van der Waals surface area contributed by atoms with Crippen molar-refractivity contribution in [1.82, 2.24) is 29.2 Å². The summed E-state index contributed by atoms with van der Waals surface area (Å²) in [6.07, 6.45) is 3.57. The van der Waals surface area contributed by atoms with Crippen LogP contribution < -0.4 is 41.3 Å². The van der Waals surface area contributed by atoms with E-state index < -0.39 is 23.0 Å². The summed E-state index contributed by atoms with van der Waals surface area (Å²) in [6.45, 7) is 2.02. The molecule has 0 amide bonds. The SMILES string of the molecule is COc1ccc2cc(-c3cnc4ccc(Cl)nn34)sc2c1.Cc1ccc2cc(B(O)O)sc2c1.Clc1ccc2ncc(I)n2n1.[Cl][Pd][Cl].c1ccc(P(c2ccccc2)c2ccccc2)cc1.c1ccc(P(c2ccccc2)c2ccccc2)cc1. The van der Waals surface area contributed by atoms with Gasteiger partial charge < -0.3 is 14.8 Å². The van der Waals surface area contributed by atoms with Gasteiger partial charge in [0.2, 0.25) is 0 Å².